The Morgan fingerprint density at radius 3 is 1.07 bits per heavy atom. The topological polar surface area (TPSA) is 95.9 Å². The fraction of sp³-hybridized carbons (Fsp3) is 0.882. The molecule has 0 rings (SSSR count). The molecule has 0 aliphatic rings. The van der Waals surface area contributed by atoms with Crippen LogP contribution in [0.2, 0.25) is 0 Å². The highest BCUT2D eigenvalue weighted by Gasteiger charge is 2.20. The van der Waals surface area contributed by atoms with E-state index < -0.39 is 12.1 Å². The van der Waals surface area contributed by atoms with Gasteiger partial charge in [-0.25, -0.2) is 0 Å². The molecule has 0 heterocycles. The van der Waals surface area contributed by atoms with Gasteiger partial charge < -0.3 is 20.3 Å². The Labute approximate surface area is 462 Å². The maximum absolute atomic E-state index is 12.5. The van der Waals surface area contributed by atoms with E-state index in [1.807, 2.05) is 0 Å². The van der Waals surface area contributed by atoms with Gasteiger partial charge in [0.1, 0.15) is 0 Å². The Morgan fingerprint density at radius 1 is 0.378 bits per heavy atom. The molecule has 0 aromatic rings. The van der Waals surface area contributed by atoms with Crippen LogP contribution in [0.25, 0.3) is 0 Å². The van der Waals surface area contributed by atoms with Crippen molar-refractivity contribution >= 4 is 11.9 Å². The highest BCUT2D eigenvalue weighted by Crippen LogP contribution is 2.18. The third-order valence-electron chi connectivity index (χ3n) is 15.4. The minimum atomic E-state index is -0.666. The van der Waals surface area contributed by atoms with E-state index in [9.17, 15) is 19.8 Å². The lowest BCUT2D eigenvalue weighted by Crippen LogP contribution is -2.45. The highest BCUT2D eigenvalue weighted by molar-refractivity contribution is 5.76. The lowest BCUT2D eigenvalue weighted by Gasteiger charge is -2.22. The molecule has 0 saturated heterocycles. The third kappa shape index (κ3) is 59.3. The molecule has 0 spiro atoms. The molecule has 436 valence electrons. The van der Waals surface area contributed by atoms with Gasteiger partial charge in [0.25, 0.3) is 0 Å². The van der Waals surface area contributed by atoms with Crippen molar-refractivity contribution < 1.29 is 24.5 Å². The van der Waals surface area contributed by atoms with Crippen molar-refractivity contribution in [2.24, 2.45) is 0 Å². The third-order valence-corrected chi connectivity index (χ3v) is 15.4. The predicted molar refractivity (Wildman–Crippen MR) is 324 cm³/mol. The molecule has 6 heteroatoms. The second kappa shape index (κ2) is 63.6. The molecule has 1 amide bonds. The SMILES string of the molecule is CCCCC/C=C\C/C=C\CCCCCCCCCCCC(=O)OCCCCCCCCCCCCCC/C=C\CCCCCCCCCCCC(=O)NC(CO)C(O)CCCCCCCCCCCCCCC. The number of hydrogen-bond donors (Lipinski definition) is 3. The number of allylic oxidation sites excluding steroid dienone is 6. The molecule has 2 atom stereocenters. The van der Waals surface area contributed by atoms with Gasteiger partial charge in [0, 0.05) is 12.8 Å². The fourth-order valence-corrected chi connectivity index (χ4v) is 10.3. The normalized spacial score (nSPS) is 12.8. The summed E-state index contributed by atoms with van der Waals surface area (Å²) in [5, 5.41) is 23.3. The van der Waals surface area contributed by atoms with E-state index in [2.05, 4.69) is 55.6 Å². The average molecular weight is 1040 g/mol. The van der Waals surface area contributed by atoms with Crippen molar-refractivity contribution in [3.8, 4) is 0 Å². The second-order valence-corrected chi connectivity index (χ2v) is 22.8. The zero-order chi connectivity index (χ0) is 53.6. The number of hydrogen-bond acceptors (Lipinski definition) is 5. The van der Waals surface area contributed by atoms with Gasteiger partial charge in [0.15, 0.2) is 0 Å². The Morgan fingerprint density at radius 2 is 0.676 bits per heavy atom. The minimum Gasteiger partial charge on any atom is -0.466 e. The number of ether oxygens (including phenoxy) is 1. The summed E-state index contributed by atoms with van der Waals surface area (Å²) in [5.74, 6) is -0.0271. The summed E-state index contributed by atoms with van der Waals surface area (Å²) >= 11 is 0. The number of nitrogens with one attached hydrogen (secondary N) is 1. The predicted octanol–water partition coefficient (Wildman–Crippen LogP) is 21.1. The summed E-state index contributed by atoms with van der Waals surface area (Å²) < 4.78 is 5.50. The lowest BCUT2D eigenvalue weighted by atomic mass is 10.0. The molecule has 0 aromatic heterocycles. The van der Waals surface area contributed by atoms with Crippen LogP contribution < -0.4 is 5.32 Å². The van der Waals surface area contributed by atoms with Crippen LogP contribution in [0.3, 0.4) is 0 Å². The van der Waals surface area contributed by atoms with Crippen LogP contribution in [0.1, 0.15) is 361 Å². The first-order valence-electron chi connectivity index (χ1n) is 33.2. The molecule has 74 heavy (non-hydrogen) atoms. The molecule has 0 aromatic carbocycles. The molecular weight excluding hydrogens is 911 g/mol. The minimum absolute atomic E-state index is 0.00995. The molecule has 0 fully saturated rings. The summed E-state index contributed by atoms with van der Waals surface area (Å²) in [6, 6.07) is -0.543. The Bertz CT molecular complexity index is 1200. The van der Waals surface area contributed by atoms with E-state index in [1.165, 1.54) is 276 Å². The van der Waals surface area contributed by atoms with Gasteiger partial charge in [-0.1, -0.05) is 301 Å². The van der Waals surface area contributed by atoms with E-state index in [1.54, 1.807) is 0 Å². The average Bonchev–Trinajstić information content (AvgIpc) is 3.40. The molecule has 0 aliphatic heterocycles. The molecule has 0 radical (unpaired) electrons. The summed E-state index contributed by atoms with van der Waals surface area (Å²) in [6.07, 6.45) is 80.3. The zero-order valence-corrected chi connectivity index (χ0v) is 49.8. The maximum atomic E-state index is 12.5. The Kier molecular flexibility index (Phi) is 62.0. The number of amides is 1. The molecule has 3 N–H and O–H groups in total. The first kappa shape index (κ1) is 72.1. The first-order chi connectivity index (χ1) is 36.5. The number of carbonyl (C=O) groups excluding carboxylic acids is 2. The lowest BCUT2D eigenvalue weighted by molar-refractivity contribution is -0.143. The van der Waals surface area contributed by atoms with Gasteiger partial charge in [-0.05, 0) is 83.5 Å². The molecule has 0 saturated carbocycles. The van der Waals surface area contributed by atoms with Crippen LogP contribution in [-0.4, -0.2) is 47.4 Å². The van der Waals surface area contributed by atoms with E-state index in [0.29, 0.717) is 25.9 Å². The molecule has 0 bridgehead atoms. The number of rotatable bonds is 62. The van der Waals surface area contributed by atoms with Gasteiger partial charge >= 0.3 is 5.97 Å². The van der Waals surface area contributed by atoms with Crippen LogP contribution in [0.4, 0.5) is 0 Å². The van der Waals surface area contributed by atoms with Crippen molar-refractivity contribution in [1.29, 1.82) is 0 Å². The first-order valence-corrected chi connectivity index (χ1v) is 33.2. The van der Waals surface area contributed by atoms with E-state index in [-0.39, 0.29) is 18.5 Å². The van der Waals surface area contributed by atoms with Crippen molar-refractivity contribution in [3.05, 3.63) is 36.5 Å². The molecule has 0 aliphatic carbocycles. The van der Waals surface area contributed by atoms with Gasteiger partial charge in [-0.2, -0.15) is 0 Å². The Hall–Kier alpha value is -1.92. The van der Waals surface area contributed by atoms with E-state index >= 15 is 0 Å². The standard InChI is InChI=1S/C68H129NO5/c1-3-5-7-9-11-13-15-17-18-19-27-31-34-38-42-46-50-54-58-62-68(73)74-63-59-55-51-47-43-39-35-32-29-26-24-22-20-21-23-25-28-30-33-37-41-45-49-53-57-61-67(72)69-65(64-70)66(71)60-56-52-48-44-40-36-16-14-12-10-8-6-4-2/h11,13,17-18,21,23,65-66,70-71H,3-10,12,14-16,19-20,22,24-64H2,1-2H3,(H,69,72)/b13-11-,18-17-,23-21-. The zero-order valence-electron chi connectivity index (χ0n) is 49.8. The summed E-state index contributed by atoms with van der Waals surface area (Å²) in [6.45, 7) is 4.94. The van der Waals surface area contributed by atoms with Gasteiger partial charge in [0.05, 0.1) is 25.4 Å². The van der Waals surface area contributed by atoms with Crippen molar-refractivity contribution in [2.45, 2.75) is 373 Å². The number of unbranched alkanes of at least 4 members (excludes halogenated alkanes) is 45. The number of carbonyl (C=O) groups is 2. The van der Waals surface area contributed by atoms with Crippen molar-refractivity contribution in [1.82, 2.24) is 5.32 Å². The van der Waals surface area contributed by atoms with E-state index in [4.69, 9.17) is 4.74 Å². The van der Waals surface area contributed by atoms with Gasteiger partial charge in [0.2, 0.25) is 5.91 Å². The molecular formula is C68H129NO5. The smallest absolute Gasteiger partial charge is 0.305 e. The quantitative estimate of drug-likeness (QED) is 0.0320. The largest absolute Gasteiger partial charge is 0.466 e. The highest BCUT2D eigenvalue weighted by atomic mass is 16.5. The monoisotopic (exact) mass is 1040 g/mol. The van der Waals surface area contributed by atoms with Crippen LogP contribution in [-0.2, 0) is 14.3 Å². The summed E-state index contributed by atoms with van der Waals surface area (Å²) in [5.41, 5.74) is 0. The van der Waals surface area contributed by atoms with Gasteiger partial charge in [-0.3, -0.25) is 9.59 Å². The van der Waals surface area contributed by atoms with Crippen molar-refractivity contribution in [2.75, 3.05) is 13.2 Å². The number of esters is 1. The van der Waals surface area contributed by atoms with Crippen LogP contribution in [0, 0.1) is 0 Å². The Balaban J connectivity index is 3.37. The summed E-state index contributed by atoms with van der Waals surface area (Å²) in [4.78, 5) is 24.6. The number of aliphatic hydroxyl groups is 2. The van der Waals surface area contributed by atoms with Crippen LogP contribution in [0.15, 0.2) is 36.5 Å². The van der Waals surface area contributed by atoms with Crippen LogP contribution >= 0.6 is 0 Å². The molecule has 6 nitrogen and oxygen atoms in total. The van der Waals surface area contributed by atoms with Crippen LogP contribution in [0.5, 0.6) is 0 Å². The molecule has 2 unspecified atom stereocenters. The fourth-order valence-electron chi connectivity index (χ4n) is 10.3. The number of aliphatic hydroxyl groups excluding tert-OH is 2. The van der Waals surface area contributed by atoms with Gasteiger partial charge in [-0.15, -0.1) is 0 Å². The summed E-state index contributed by atoms with van der Waals surface area (Å²) in [7, 11) is 0. The van der Waals surface area contributed by atoms with E-state index in [0.717, 1.165) is 51.4 Å². The second-order valence-electron chi connectivity index (χ2n) is 22.8. The maximum Gasteiger partial charge on any atom is 0.305 e. The van der Waals surface area contributed by atoms with Crippen molar-refractivity contribution in [3.63, 3.8) is 0 Å².